The number of nitrogens with one attached hydrogen (secondary N) is 1. The van der Waals surface area contributed by atoms with Crippen molar-refractivity contribution in [2.75, 3.05) is 0 Å². The molecule has 0 radical (unpaired) electrons. The summed E-state index contributed by atoms with van der Waals surface area (Å²) >= 11 is 3.17. The van der Waals surface area contributed by atoms with Crippen LogP contribution >= 0.6 is 15.9 Å². The van der Waals surface area contributed by atoms with E-state index >= 15 is 0 Å². The maximum Gasteiger partial charge on any atom is 0.137 e. The van der Waals surface area contributed by atoms with Crippen LogP contribution in [0.15, 0.2) is 46.9 Å². The van der Waals surface area contributed by atoms with E-state index in [4.69, 9.17) is 4.74 Å². The highest BCUT2D eigenvalue weighted by Gasteiger charge is 2.20. The average Bonchev–Trinajstić information content (AvgIpc) is 3.26. The highest BCUT2D eigenvalue weighted by Crippen LogP contribution is 2.29. The van der Waals surface area contributed by atoms with Gasteiger partial charge in [0.15, 0.2) is 0 Å². The summed E-state index contributed by atoms with van der Waals surface area (Å²) in [5.74, 6) is 1.14. The van der Waals surface area contributed by atoms with Crippen LogP contribution in [0.5, 0.6) is 11.5 Å². The van der Waals surface area contributed by atoms with Crippen molar-refractivity contribution in [2.45, 2.75) is 25.4 Å². The van der Waals surface area contributed by atoms with Crippen LogP contribution in [0.3, 0.4) is 0 Å². The molecule has 0 aliphatic heterocycles. The van der Waals surface area contributed by atoms with Crippen molar-refractivity contribution in [3.63, 3.8) is 0 Å². The van der Waals surface area contributed by atoms with Gasteiger partial charge in [-0.25, -0.2) is 4.39 Å². The number of benzene rings is 2. The number of hydrogen-bond donors (Lipinski definition) is 1. The van der Waals surface area contributed by atoms with Gasteiger partial charge < -0.3 is 10.1 Å². The third-order valence-corrected chi connectivity index (χ3v) is 3.86. The minimum atomic E-state index is -0.291. The molecule has 104 valence electrons. The van der Waals surface area contributed by atoms with Gasteiger partial charge in [0, 0.05) is 18.2 Å². The first-order valence-electron chi connectivity index (χ1n) is 6.66. The lowest BCUT2D eigenvalue weighted by Gasteiger charge is -2.12. The van der Waals surface area contributed by atoms with E-state index in [-0.39, 0.29) is 5.82 Å². The zero-order valence-corrected chi connectivity index (χ0v) is 12.5. The molecule has 0 unspecified atom stereocenters. The van der Waals surface area contributed by atoms with Gasteiger partial charge in [0.2, 0.25) is 0 Å². The van der Waals surface area contributed by atoms with Crippen molar-refractivity contribution >= 4 is 15.9 Å². The first kappa shape index (κ1) is 13.6. The SMILES string of the molecule is Fc1ccc(Oc2ccccc2CNC2CC2)cc1Br. The molecule has 0 saturated heterocycles. The largest absolute Gasteiger partial charge is 0.457 e. The Kier molecular flexibility index (Phi) is 4.03. The van der Waals surface area contributed by atoms with Crippen LogP contribution in [-0.4, -0.2) is 6.04 Å². The second kappa shape index (κ2) is 5.94. The van der Waals surface area contributed by atoms with Crippen LogP contribution in [0, 0.1) is 5.82 Å². The summed E-state index contributed by atoms with van der Waals surface area (Å²) in [6.45, 7) is 0.795. The highest BCUT2D eigenvalue weighted by molar-refractivity contribution is 9.10. The molecule has 0 amide bonds. The summed E-state index contributed by atoms with van der Waals surface area (Å²) < 4.78 is 19.5. The maximum absolute atomic E-state index is 13.2. The van der Waals surface area contributed by atoms with E-state index in [2.05, 4.69) is 21.2 Å². The molecule has 2 nitrogen and oxygen atoms in total. The van der Waals surface area contributed by atoms with Crippen molar-refractivity contribution in [1.29, 1.82) is 0 Å². The molecule has 2 aromatic carbocycles. The van der Waals surface area contributed by atoms with Crippen LogP contribution in [0.1, 0.15) is 18.4 Å². The van der Waals surface area contributed by atoms with Gasteiger partial charge in [0.05, 0.1) is 4.47 Å². The molecule has 0 bridgehead atoms. The third kappa shape index (κ3) is 3.38. The first-order valence-corrected chi connectivity index (χ1v) is 7.46. The molecule has 20 heavy (non-hydrogen) atoms. The van der Waals surface area contributed by atoms with Crippen LogP contribution in [0.25, 0.3) is 0 Å². The minimum Gasteiger partial charge on any atom is -0.457 e. The van der Waals surface area contributed by atoms with E-state index < -0.39 is 0 Å². The maximum atomic E-state index is 13.2. The Hall–Kier alpha value is -1.39. The fourth-order valence-corrected chi connectivity index (χ4v) is 2.32. The van der Waals surface area contributed by atoms with Gasteiger partial charge in [-0.05, 0) is 53.0 Å². The molecule has 0 atom stereocenters. The molecular weight excluding hydrogens is 321 g/mol. The van der Waals surface area contributed by atoms with Gasteiger partial charge >= 0.3 is 0 Å². The number of para-hydroxylation sites is 1. The van der Waals surface area contributed by atoms with Crippen LogP contribution in [-0.2, 0) is 6.54 Å². The second-order valence-electron chi connectivity index (χ2n) is 4.94. The zero-order valence-electron chi connectivity index (χ0n) is 10.9. The summed E-state index contributed by atoms with van der Waals surface area (Å²) in [4.78, 5) is 0. The van der Waals surface area contributed by atoms with E-state index in [0.717, 1.165) is 17.9 Å². The molecular formula is C16H15BrFNO. The Bertz CT molecular complexity index is 613. The first-order chi connectivity index (χ1) is 9.72. The molecule has 3 rings (SSSR count). The Morgan fingerprint density at radius 1 is 1.20 bits per heavy atom. The molecule has 0 aromatic heterocycles. The quantitative estimate of drug-likeness (QED) is 0.859. The highest BCUT2D eigenvalue weighted by atomic mass is 79.9. The molecule has 4 heteroatoms. The van der Waals surface area contributed by atoms with Crippen LogP contribution < -0.4 is 10.1 Å². The molecule has 1 N–H and O–H groups in total. The van der Waals surface area contributed by atoms with Crippen LogP contribution in [0.4, 0.5) is 4.39 Å². The summed E-state index contributed by atoms with van der Waals surface area (Å²) in [6.07, 6.45) is 2.52. The smallest absolute Gasteiger partial charge is 0.137 e. The molecule has 1 fully saturated rings. The van der Waals surface area contributed by atoms with Gasteiger partial charge in [-0.2, -0.15) is 0 Å². The van der Waals surface area contributed by atoms with E-state index in [0.29, 0.717) is 16.3 Å². The van der Waals surface area contributed by atoms with Crippen LogP contribution in [0.2, 0.25) is 0 Å². The van der Waals surface area contributed by atoms with Gasteiger partial charge in [-0.1, -0.05) is 18.2 Å². The van der Waals surface area contributed by atoms with E-state index in [9.17, 15) is 4.39 Å². The predicted octanol–water partition coefficient (Wildman–Crippen LogP) is 4.63. The topological polar surface area (TPSA) is 21.3 Å². The van der Waals surface area contributed by atoms with Gasteiger partial charge in [0.1, 0.15) is 17.3 Å². The zero-order chi connectivity index (χ0) is 13.9. The lowest BCUT2D eigenvalue weighted by atomic mass is 10.2. The summed E-state index contributed by atoms with van der Waals surface area (Å²) in [6, 6.07) is 13.2. The lowest BCUT2D eigenvalue weighted by molar-refractivity contribution is 0.470. The average molecular weight is 336 g/mol. The fraction of sp³-hybridized carbons (Fsp3) is 0.250. The van der Waals surface area contributed by atoms with Crippen molar-refractivity contribution < 1.29 is 9.13 Å². The van der Waals surface area contributed by atoms with Gasteiger partial charge in [0.25, 0.3) is 0 Å². The molecule has 2 aromatic rings. The molecule has 0 spiro atoms. The van der Waals surface area contributed by atoms with Crippen molar-refractivity contribution in [2.24, 2.45) is 0 Å². The number of hydrogen-bond acceptors (Lipinski definition) is 2. The predicted molar refractivity (Wildman–Crippen MR) is 80.5 cm³/mol. The molecule has 1 aliphatic rings. The Balaban J connectivity index is 1.76. The second-order valence-corrected chi connectivity index (χ2v) is 5.80. The van der Waals surface area contributed by atoms with Crippen molar-refractivity contribution in [3.05, 3.63) is 58.3 Å². The van der Waals surface area contributed by atoms with Crippen molar-refractivity contribution in [3.8, 4) is 11.5 Å². The van der Waals surface area contributed by atoms with E-state index in [1.54, 1.807) is 12.1 Å². The van der Waals surface area contributed by atoms with E-state index in [1.165, 1.54) is 18.9 Å². The monoisotopic (exact) mass is 335 g/mol. The lowest BCUT2D eigenvalue weighted by Crippen LogP contribution is -2.15. The molecule has 0 heterocycles. The number of rotatable bonds is 5. The Labute approximate surface area is 126 Å². The van der Waals surface area contributed by atoms with E-state index in [1.807, 2.05) is 24.3 Å². The third-order valence-electron chi connectivity index (χ3n) is 3.25. The Morgan fingerprint density at radius 3 is 2.75 bits per heavy atom. The Morgan fingerprint density at radius 2 is 2.00 bits per heavy atom. The number of ether oxygens (including phenoxy) is 1. The summed E-state index contributed by atoms with van der Waals surface area (Å²) in [5.41, 5.74) is 1.11. The molecule has 1 saturated carbocycles. The van der Waals surface area contributed by atoms with Gasteiger partial charge in [-0.15, -0.1) is 0 Å². The fourth-order valence-electron chi connectivity index (χ4n) is 1.96. The summed E-state index contributed by atoms with van der Waals surface area (Å²) in [5, 5.41) is 3.47. The molecule has 1 aliphatic carbocycles. The minimum absolute atomic E-state index is 0.291. The van der Waals surface area contributed by atoms with Crippen molar-refractivity contribution in [1.82, 2.24) is 5.32 Å². The standard InChI is InChI=1S/C16H15BrFNO/c17-14-9-13(7-8-15(14)18)20-16-4-2-1-3-11(16)10-19-12-5-6-12/h1-4,7-9,12,19H,5-6,10H2. The number of halogens is 2. The summed E-state index contributed by atoms with van der Waals surface area (Å²) in [7, 11) is 0. The van der Waals surface area contributed by atoms with Gasteiger partial charge in [-0.3, -0.25) is 0 Å². The normalized spacial score (nSPS) is 14.3.